The molecule has 0 bridgehead atoms. The van der Waals surface area contributed by atoms with E-state index in [1.807, 2.05) is 30.3 Å². The van der Waals surface area contributed by atoms with Crippen LogP contribution in [-0.4, -0.2) is 23.0 Å². The number of esters is 1. The highest BCUT2D eigenvalue weighted by Gasteiger charge is 2.21. The molecule has 0 aliphatic carbocycles. The molecule has 27 heavy (non-hydrogen) atoms. The number of ether oxygens (including phenoxy) is 1. The fraction of sp³-hybridized carbons (Fsp3) is 0.150. The second-order valence-electron chi connectivity index (χ2n) is 5.85. The van der Waals surface area contributed by atoms with E-state index < -0.39 is 18.0 Å². The molecule has 1 amide bonds. The van der Waals surface area contributed by atoms with Crippen molar-refractivity contribution in [1.29, 1.82) is 0 Å². The molecule has 3 rings (SSSR count). The maximum absolute atomic E-state index is 12.3. The zero-order valence-electron chi connectivity index (χ0n) is 14.7. The standard InChI is InChI=1S/C20H17ClN2O3S/c1-12-15(21)9-6-10-16(12)22-18(24)13(2)26-20(25)17-11-27-19(23-17)14-7-4-3-5-8-14/h3-11,13H,1-2H3,(H,22,24)/t13-/m0/s1. The van der Waals surface area contributed by atoms with Crippen LogP contribution in [0.2, 0.25) is 5.02 Å². The summed E-state index contributed by atoms with van der Waals surface area (Å²) < 4.78 is 5.25. The second-order valence-corrected chi connectivity index (χ2v) is 7.12. The molecule has 0 spiro atoms. The van der Waals surface area contributed by atoms with Crippen molar-refractivity contribution in [2.75, 3.05) is 5.32 Å². The van der Waals surface area contributed by atoms with Crippen LogP contribution in [0.25, 0.3) is 10.6 Å². The first-order chi connectivity index (χ1) is 13.0. The number of carbonyl (C=O) groups is 2. The molecule has 0 unspecified atom stereocenters. The number of halogens is 1. The molecule has 1 N–H and O–H groups in total. The monoisotopic (exact) mass is 400 g/mol. The minimum atomic E-state index is -0.974. The van der Waals surface area contributed by atoms with Gasteiger partial charge in [0, 0.05) is 21.7 Å². The summed E-state index contributed by atoms with van der Waals surface area (Å²) in [5.74, 6) is -1.08. The van der Waals surface area contributed by atoms with E-state index >= 15 is 0 Å². The zero-order valence-corrected chi connectivity index (χ0v) is 16.3. The molecule has 7 heteroatoms. The average Bonchev–Trinajstić information content (AvgIpc) is 3.16. The van der Waals surface area contributed by atoms with Crippen molar-refractivity contribution in [3.63, 3.8) is 0 Å². The molecule has 0 saturated carbocycles. The van der Waals surface area contributed by atoms with Crippen molar-refractivity contribution in [2.24, 2.45) is 0 Å². The van der Waals surface area contributed by atoms with E-state index in [1.54, 1.807) is 30.5 Å². The molecule has 2 aromatic carbocycles. The Morgan fingerprint density at radius 3 is 2.63 bits per heavy atom. The van der Waals surface area contributed by atoms with Gasteiger partial charge in [0.15, 0.2) is 11.8 Å². The summed E-state index contributed by atoms with van der Waals surface area (Å²) in [5, 5.41) is 5.61. The van der Waals surface area contributed by atoms with Gasteiger partial charge in [-0.15, -0.1) is 11.3 Å². The Morgan fingerprint density at radius 2 is 1.89 bits per heavy atom. The Morgan fingerprint density at radius 1 is 1.15 bits per heavy atom. The van der Waals surface area contributed by atoms with Crippen molar-refractivity contribution >= 4 is 40.5 Å². The largest absolute Gasteiger partial charge is 0.448 e. The van der Waals surface area contributed by atoms with E-state index in [4.69, 9.17) is 16.3 Å². The van der Waals surface area contributed by atoms with Crippen molar-refractivity contribution in [3.8, 4) is 10.6 Å². The zero-order chi connectivity index (χ0) is 19.4. The number of rotatable bonds is 5. The first-order valence-corrected chi connectivity index (χ1v) is 9.49. The minimum Gasteiger partial charge on any atom is -0.448 e. The lowest BCUT2D eigenvalue weighted by Gasteiger charge is -2.14. The van der Waals surface area contributed by atoms with E-state index in [1.165, 1.54) is 18.3 Å². The summed E-state index contributed by atoms with van der Waals surface area (Å²) in [4.78, 5) is 28.9. The van der Waals surface area contributed by atoms with Crippen molar-refractivity contribution in [1.82, 2.24) is 4.98 Å². The van der Waals surface area contributed by atoms with E-state index in [9.17, 15) is 9.59 Å². The molecule has 1 atom stereocenters. The number of nitrogens with one attached hydrogen (secondary N) is 1. The summed E-state index contributed by atoms with van der Waals surface area (Å²) in [6.45, 7) is 3.31. The van der Waals surface area contributed by atoms with Gasteiger partial charge in [-0.1, -0.05) is 48.0 Å². The lowest BCUT2D eigenvalue weighted by molar-refractivity contribution is -0.123. The molecule has 1 heterocycles. The quantitative estimate of drug-likeness (QED) is 0.615. The van der Waals surface area contributed by atoms with Gasteiger partial charge in [0.25, 0.3) is 5.91 Å². The van der Waals surface area contributed by atoms with Gasteiger partial charge in [-0.05, 0) is 31.5 Å². The van der Waals surface area contributed by atoms with Crippen LogP contribution in [0.3, 0.4) is 0 Å². The van der Waals surface area contributed by atoms with Gasteiger partial charge in [0.2, 0.25) is 0 Å². The van der Waals surface area contributed by atoms with E-state index in [2.05, 4.69) is 10.3 Å². The van der Waals surface area contributed by atoms with Gasteiger partial charge in [0.1, 0.15) is 5.01 Å². The predicted molar refractivity (Wildman–Crippen MR) is 107 cm³/mol. The van der Waals surface area contributed by atoms with Crippen LogP contribution in [0.15, 0.2) is 53.9 Å². The number of carbonyl (C=O) groups excluding carboxylic acids is 2. The SMILES string of the molecule is Cc1c(Cl)cccc1NC(=O)[C@H](C)OC(=O)c1csc(-c2ccccc2)n1. The normalized spacial score (nSPS) is 11.7. The van der Waals surface area contributed by atoms with E-state index in [0.717, 1.165) is 11.1 Å². The number of thiazole rings is 1. The molecule has 0 aliphatic heterocycles. The van der Waals surface area contributed by atoms with Crippen molar-refractivity contribution in [2.45, 2.75) is 20.0 Å². The Kier molecular flexibility index (Phi) is 5.88. The summed E-state index contributed by atoms with van der Waals surface area (Å²) >= 11 is 7.40. The maximum atomic E-state index is 12.3. The molecule has 138 valence electrons. The van der Waals surface area contributed by atoms with Gasteiger partial charge in [-0.2, -0.15) is 0 Å². The number of aromatic nitrogens is 1. The Hall–Kier alpha value is -2.70. The number of anilines is 1. The highest BCUT2D eigenvalue weighted by Crippen LogP contribution is 2.25. The predicted octanol–water partition coefficient (Wildman–Crippen LogP) is 4.96. The summed E-state index contributed by atoms with van der Waals surface area (Å²) in [6, 6.07) is 14.8. The number of benzene rings is 2. The van der Waals surface area contributed by atoms with E-state index in [0.29, 0.717) is 15.7 Å². The molecule has 3 aromatic rings. The highest BCUT2D eigenvalue weighted by molar-refractivity contribution is 7.13. The van der Waals surface area contributed by atoms with Crippen LogP contribution >= 0.6 is 22.9 Å². The number of amides is 1. The minimum absolute atomic E-state index is 0.178. The maximum Gasteiger partial charge on any atom is 0.358 e. The van der Waals surface area contributed by atoms with Crippen LogP contribution in [0.5, 0.6) is 0 Å². The third-order valence-electron chi connectivity index (χ3n) is 3.91. The Labute approximate surface area is 166 Å². The van der Waals surface area contributed by atoms with Gasteiger partial charge < -0.3 is 10.1 Å². The summed E-state index contributed by atoms with van der Waals surface area (Å²) in [6.07, 6.45) is -0.974. The lowest BCUT2D eigenvalue weighted by Crippen LogP contribution is -2.30. The van der Waals surface area contributed by atoms with Gasteiger partial charge in [-0.3, -0.25) is 4.79 Å². The fourth-order valence-corrected chi connectivity index (χ4v) is 3.30. The molecular weight excluding hydrogens is 384 g/mol. The Balaban J connectivity index is 1.64. The van der Waals surface area contributed by atoms with Crippen LogP contribution in [0.4, 0.5) is 5.69 Å². The number of nitrogens with zero attached hydrogens (tertiary/aromatic N) is 1. The molecule has 0 saturated heterocycles. The molecule has 5 nitrogen and oxygen atoms in total. The second kappa shape index (κ2) is 8.33. The third kappa shape index (κ3) is 4.53. The molecular formula is C20H17ClN2O3S. The first kappa shape index (κ1) is 19.1. The summed E-state index contributed by atoms with van der Waals surface area (Å²) in [7, 11) is 0. The molecule has 0 aliphatic rings. The smallest absolute Gasteiger partial charge is 0.358 e. The topological polar surface area (TPSA) is 68.3 Å². The molecule has 0 radical (unpaired) electrons. The third-order valence-corrected chi connectivity index (χ3v) is 5.21. The van der Waals surface area contributed by atoms with Gasteiger partial charge >= 0.3 is 5.97 Å². The average molecular weight is 401 g/mol. The van der Waals surface area contributed by atoms with Gasteiger partial charge in [0.05, 0.1) is 0 Å². The Bertz CT molecular complexity index is 972. The number of hydrogen-bond donors (Lipinski definition) is 1. The van der Waals surface area contributed by atoms with Crippen LogP contribution in [-0.2, 0) is 9.53 Å². The first-order valence-electron chi connectivity index (χ1n) is 8.23. The van der Waals surface area contributed by atoms with Crippen molar-refractivity contribution in [3.05, 3.63) is 70.2 Å². The van der Waals surface area contributed by atoms with Crippen molar-refractivity contribution < 1.29 is 14.3 Å². The molecule has 1 aromatic heterocycles. The lowest BCUT2D eigenvalue weighted by atomic mass is 10.2. The van der Waals surface area contributed by atoms with Crippen LogP contribution in [0, 0.1) is 6.92 Å². The highest BCUT2D eigenvalue weighted by atomic mass is 35.5. The van der Waals surface area contributed by atoms with Crippen LogP contribution in [0.1, 0.15) is 23.0 Å². The van der Waals surface area contributed by atoms with Crippen LogP contribution < -0.4 is 5.32 Å². The summed E-state index contributed by atoms with van der Waals surface area (Å²) in [5.41, 5.74) is 2.43. The molecule has 0 fully saturated rings. The number of hydrogen-bond acceptors (Lipinski definition) is 5. The van der Waals surface area contributed by atoms with Gasteiger partial charge in [-0.25, -0.2) is 9.78 Å². The fourth-order valence-electron chi connectivity index (χ4n) is 2.33. The van der Waals surface area contributed by atoms with E-state index in [-0.39, 0.29) is 5.69 Å².